The Morgan fingerprint density at radius 1 is 1.06 bits per heavy atom. The lowest BCUT2D eigenvalue weighted by Crippen LogP contribution is -2.17. The first-order chi connectivity index (χ1) is 14.9. The Balaban J connectivity index is 1.95. The SMILES string of the molecule is COc1ccc(CS(=O)c2nc(C(C)C)ccc2C(=O)Nc2ccncc2)c(OC)c1. The maximum atomic E-state index is 13.4. The fraction of sp³-hybridized carbons (Fsp3) is 0.261. The smallest absolute Gasteiger partial charge is 0.258 e. The van der Waals surface area contributed by atoms with E-state index in [1.807, 2.05) is 13.8 Å². The minimum atomic E-state index is -1.58. The van der Waals surface area contributed by atoms with Crippen LogP contribution in [0.4, 0.5) is 5.69 Å². The van der Waals surface area contributed by atoms with Crippen molar-refractivity contribution < 1.29 is 18.5 Å². The van der Waals surface area contributed by atoms with Crippen molar-refractivity contribution in [2.75, 3.05) is 19.5 Å². The van der Waals surface area contributed by atoms with Gasteiger partial charge in [-0.2, -0.15) is 0 Å². The highest BCUT2D eigenvalue weighted by atomic mass is 32.2. The molecular weight excluding hydrogens is 414 g/mol. The molecule has 1 amide bonds. The number of rotatable bonds is 8. The summed E-state index contributed by atoms with van der Waals surface area (Å²) in [6.07, 6.45) is 3.18. The summed E-state index contributed by atoms with van der Waals surface area (Å²) in [5.41, 5.74) is 2.37. The Kier molecular flexibility index (Phi) is 7.36. The number of nitrogens with one attached hydrogen (secondary N) is 1. The molecule has 3 rings (SSSR count). The Morgan fingerprint density at radius 3 is 2.45 bits per heavy atom. The van der Waals surface area contributed by atoms with Crippen molar-refractivity contribution in [2.45, 2.75) is 30.5 Å². The van der Waals surface area contributed by atoms with Crippen molar-refractivity contribution in [1.82, 2.24) is 9.97 Å². The van der Waals surface area contributed by atoms with Gasteiger partial charge in [0, 0.05) is 35.4 Å². The number of amides is 1. The normalized spacial score (nSPS) is 11.8. The second-order valence-corrected chi connectivity index (χ2v) is 8.47. The van der Waals surface area contributed by atoms with E-state index < -0.39 is 10.8 Å². The van der Waals surface area contributed by atoms with Gasteiger partial charge >= 0.3 is 0 Å². The first kappa shape index (κ1) is 22.4. The zero-order valence-electron chi connectivity index (χ0n) is 17.9. The summed E-state index contributed by atoms with van der Waals surface area (Å²) in [6, 6.07) is 12.2. The highest BCUT2D eigenvalue weighted by Gasteiger charge is 2.21. The third-order valence-electron chi connectivity index (χ3n) is 4.65. The number of benzene rings is 1. The summed E-state index contributed by atoms with van der Waals surface area (Å²) < 4.78 is 24.0. The van der Waals surface area contributed by atoms with E-state index in [2.05, 4.69) is 15.3 Å². The number of ether oxygens (including phenoxy) is 2. The lowest BCUT2D eigenvalue weighted by atomic mass is 10.1. The maximum Gasteiger partial charge on any atom is 0.258 e. The predicted molar refractivity (Wildman–Crippen MR) is 120 cm³/mol. The number of methoxy groups -OCH3 is 2. The molecule has 0 fully saturated rings. The quantitative estimate of drug-likeness (QED) is 0.566. The van der Waals surface area contributed by atoms with Crippen LogP contribution < -0.4 is 14.8 Å². The van der Waals surface area contributed by atoms with Crippen molar-refractivity contribution in [2.24, 2.45) is 0 Å². The summed E-state index contributed by atoms with van der Waals surface area (Å²) in [6.45, 7) is 4.00. The lowest BCUT2D eigenvalue weighted by Gasteiger charge is -2.14. The molecule has 2 aromatic heterocycles. The molecule has 0 radical (unpaired) electrons. The second-order valence-electron chi connectivity index (χ2n) is 7.10. The Morgan fingerprint density at radius 2 is 1.81 bits per heavy atom. The number of hydrogen-bond acceptors (Lipinski definition) is 6. The molecule has 8 heteroatoms. The minimum Gasteiger partial charge on any atom is -0.497 e. The van der Waals surface area contributed by atoms with Gasteiger partial charge in [0.25, 0.3) is 5.91 Å². The van der Waals surface area contributed by atoms with E-state index >= 15 is 0 Å². The third kappa shape index (κ3) is 5.46. The number of nitrogens with zero attached hydrogens (tertiary/aromatic N) is 2. The topological polar surface area (TPSA) is 90.4 Å². The van der Waals surface area contributed by atoms with Gasteiger partial charge in [0.1, 0.15) is 16.5 Å². The van der Waals surface area contributed by atoms with E-state index in [1.165, 1.54) is 0 Å². The van der Waals surface area contributed by atoms with Gasteiger partial charge in [-0.25, -0.2) is 4.98 Å². The zero-order chi connectivity index (χ0) is 22.4. The van der Waals surface area contributed by atoms with Gasteiger partial charge in [0.05, 0.1) is 36.3 Å². The Hall–Kier alpha value is -3.26. The number of pyridine rings is 2. The van der Waals surface area contributed by atoms with Crippen LogP contribution in [0, 0.1) is 0 Å². The molecule has 162 valence electrons. The average Bonchev–Trinajstić information content (AvgIpc) is 2.79. The van der Waals surface area contributed by atoms with E-state index in [4.69, 9.17) is 9.47 Å². The highest BCUT2D eigenvalue weighted by molar-refractivity contribution is 7.84. The van der Waals surface area contributed by atoms with Crippen LogP contribution in [0.2, 0.25) is 0 Å². The van der Waals surface area contributed by atoms with Crippen LogP contribution in [0.3, 0.4) is 0 Å². The van der Waals surface area contributed by atoms with Crippen molar-refractivity contribution in [3.8, 4) is 11.5 Å². The fourth-order valence-corrected chi connectivity index (χ4v) is 4.21. The first-order valence-corrected chi connectivity index (χ1v) is 11.1. The number of carbonyl (C=O) groups excluding carboxylic acids is 1. The second kappa shape index (κ2) is 10.2. The fourth-order valence-electron chi connectivity index (χ4n) is 2.94. The molecule has 1 aromatic carbocycles. The number of carbonyl (C=O) groups is 1. The van der Waals surface area contributed by atoms with E-state index in [9.17, 15) is 9.00 Å². The van der Waals surface area contributed by atoms with Gasteiger partial charge in [0.2, 0.25) is 0 Å². The number of anilines is 1. The third-order valence-corrected chi connectivity index (χ3v) is 5.97. The van der Waals surface area contributed by atoms with Crippen LogP contribution in [-0.2, 0) is 16.6 Å². The molecule has 0 aliphatic rings. The largest absolute Gasteiger partial charge is 0.497 e. The van der Waals surface area contributed by atoms with E-state index in [1.54, 1.807) is 69.1 Å². The molecule has 31 heavy (non-hydrogen) atoms. The van der Waals surface area contributed by atoms with Crippen LogP contribution in [0.5, 0.6) is 11.5 Å². The Labute approximate surface area is 184 Å². The zero-order valence-corrected chi connectivity index (χ0v) is 18.7. The van der Waals surface area contributed by atoms with Crippen LogP contribution in [0.15, 0.2) is 59.9 Å². The van der Waals surface area contributed by atoms with Gasteiger partial charge < -0.3 is 14.8 Å². The van der Waals surface area contributed by atoms with E-state index in [0.29, 0.717) is 17.2 Å². The van der Waals surface area contributed by atoms with Crippen LogP contribution >= 0.6 is 0 Å². The minimum absolute atomic E-state index is 0.128. The standard InChI is InChI=1S/C23H25N3O4S/c1-15(2)20-8-7-19(22(27)25-17-9-11-24-12-10-17)23(26-20)31(28)14-16-5-6-18(29-3)13-21(16)30-4/h5-13,15H,14H2,1-4H3,(H,24,25,27). The lowest BCUT2D eigenvalue weighted by molar-refractivity contribution is 0.102. The van der Waals surface area contributed by atoms with Crippen LogP contribution in [0.1, 0.15) is 41.4 Å². The summed E-state index contributed by atoms with van der Waals surface area (Å²) in [5.74, 6) is 1.11. The molecular formula is C23H25N3O4S. The molecule has 0 aliphatic carbocycles. The predicted octanol–water partition coefficient (Wildman–Crippen LogP) is 4.18. The molecule has 0 spiro atoms. The number of aromatic nitrogens is 2. The van der Waals surface area contributed by atoms with Crippen molar-refractivity contribution in [3.63, 3.8) is 0 Å². The molecule has 1 unspecified atom stereocenters. The highest BCUT2D eigenvalue weighted by Crippen LogP contribution is 2.28. The first-order valence-electron chi connectivity index (χ1n) is 9.74. The molecule has 0 saturated carbocycles. The van der Waals surface area contributed by atoms with Crippen LogP contribution in [0.25, 0.3) is 0 Å². The molecule has 0 saturated heterocycles. The van der Waals surface area contributed by atoms with Gasteiger partial charge in [-0.3, -0.25) is 14.0 Å². The van der Waals surface area contributed by atoms with E-state index in [0.717, 1.165) is 11.3 Å². The molecule has 2 heterocycles. The summed E-state index contributed by atoms with van der Waals surface area (Å²) in [4.78, 5) is 21.5. The number of hydrogen-bond donors (Lipinski definition) is 1. The molecule has 1 atom stereocenters. The van der Waals surface area contributed by atoms with Gasteiger partial charge in [-0.15, -0.1) is 0 Å². The molecule has 7 nitrogen and oxygen atoms in total. The van der Waals surface area contributed by atoms with Gasteiger partial charge in [0.15, 0.2) is 0 Å². The molecule has 1 N–H and O–H groups in total. The van der Waals surface area contributed by atoms with Crippen molar-refractivity contribution in [3.05, 3.63) is 71.7 Å². The monoisotopic (exact) mass is 439 g/mol. The molecule has 0 bridgehead atoms. The van der Waals surface area contributed by atoms with Crippen molar-refractivity contribution >= 4 is 22.4 Å². The Bertz CT molecular complexity index is 1090. The average molecular weight is 440 g/mol. The van der Waals surface area contributed by atoms with Crippen LogP contribution in [-0.4, -0.2) is 34.3 Å². The maximum absolute atomic E-state index is 13.4. The van der Waals surface area contributed by atoms with Crippen molar-refractivity contribution in [1.29, 1.82) is 0 Å². The molecule has 0 aliphatic heterocycles. The van der Waals surface area contributed by atoms with Gasteiger partial charge in [-0.05, 0) is 36.2 Å². The molecule has 3 aromatic rings. The summed E-state index contributed by atoms with van der Waals surface area (Å²) >= 11 is 0. The van der Waals surface area contributed by atoms with E-state index in [-0.39, 0.29) is 28.2 Å². The summed E-state index contributed by atoms with van der Waals surface area (Å²) in [5, 5.41) is 3.06. The van der Waals surface area contributed by atoms with Gasteiger partial charge in [-0.1, -0.05) is 19.9 Å². The summed E-state index contributed by atoms with van der Waals surface area (Å²) in [7, 11) is 1.54.